The largest absolute Gasteiger partial charge is 0.410 e. The molecule has 0 spiro atoms. The SMILES string of the molecule is CC[Si](CC)(CC)O[C@H](c1ccccc1)[C@H](C)CC#Cc1ccccc1. The van der Waals surface area contributed by atoms with Gasteiger partial charge in [-0.25, -0.2) is 0 Å². The van der Waals surface area contributed by atoms with Crippen molar-refractivity contribution in [2.75, 3.05) is 0 Å². The Kier molecular flexibility index (Phi) is 8.16. The van der Waals surface area contributed by atoms with E-state index in [0.29, 0.717) is 5.92 Å². The standard InChI is InChI=1S/C24H32OSi/c1-5-26(6-2,7-3)25-24(23-19-12-9-13-20-23)21(4)15-14-18-22-16-10-8-11-17-22/h8-13,16-17,19-21,24H,5-7,15H2,1-4H3/t21-,24+/m1/s1. The van der Waals surface area contributed by atoms with Crippen molar-refractivity contribution in [1.82, 2.24) is 0 Å². The van der Waals surface area contributed by atoms with E-state index in [0.717, 1.165) is 12.0 Å². The predicted octanol–water partition coefficient (Wildman–Crippen LogP) is 6.83. The van der Waals surface area contributed by atoms with Crippen molar-refractivity contribution in [3.63, 3.8) is 0 Å². The second kappa shape index (κ2) is 10.4. The minimum Gasteiger partial charge on any atom is -0.410 e. The average Bonchev–Trinajstić information content (AvgIpc) is 2.71. The summed E-state index contributed by atoms with van der Waals surface area (Å²) in [6, 6.07) is 24.4. The van der Waals surface area contributed by atoms with Crippen LogP contribution < -0.4 is 0 Å². The van der Waals surface area contributed by atoms with Crippen LogP contribution in [-0.2, 0) is 4.43 Å². The molecule has 0 heterocycles. The molecular weight excluding hydrogens is 332 g/mol. The van der Waals surface area contributed by atoms with E-state index in [1.165, 1.54) is 23.7 Å². The van der Waals surface area contributed by atoms with Gasteiger partial charge in [0.2, 0.25) is 0 Å². The predicted molar refractivity (Wildman–Crippen MR) is 115 cm³/mol. The first-order valence-corrected chi connectivity index (χ1v) is 12.4. The number of hydrogen-bond acceptors (Lipinski definition) is 1. The molecule has 2 rings (SSSR count). The molecule has 0 aromatic heterocycles. The molecule has 2 heteroatoms. The van der Waals surface area contributed by atoms with E-state index in [2.05, 4.69) is 82.0 Å². The molecule has 2 aromatic carbocycles. The van der Waals surface area contributed by atoms with E-state index in [4.69, 9.17) is 4.43 Å². The van der Waals surface area contributed by atoms with Gasteiger partial charge in [0.25, 0.3) is 0 Å². The van der Waals surface area contributed by atoms with Crippen molar-refractivity contribution in [3.05, 3.63) is 71.8 Å². The van der Waals surface area contributed by atoms with Gasteiger partial charge in [-0.2, -0.15) is 0 Å². The van der Waals surface area contributed by atoms with Gasteiger partial charge in [-0.05, 0) is 41.7 Å². The van der Waals surface area contributed by atoms with E-state index in [-0.39, 0.29) is 6.10 Å². The van der Waals surface area contributed by atoms with Crippen LogP contribution in [0.1, 0.15) is 51.3 Å². The Morgan fingerprint density at radius 3 is 1.92 bits per heavy atom. The first-order valence-electron chi connectivity index (χ1n) is 9.90. The molecule has 1 nitrogen and oxygen atoms in total. The molecule has 0 bridgehead atoms. The van der Waals surface area contributed by atoms with Crippen LogP contribution in [0.3, 0.4) is 0 Å². The highest BCUT2D eigenvalue weighted by atomic mass is 28.4. The van der Waals surface area contributed by atoms with Crippen LogP contribution in [0.5, 0.6) is 0 Å². The fraction of sp³-hybridized carbons (Fsp3) is 0.417. The molecule has 2 atom stereocenters. The van der Waals surface area contributed by atoms with Gasteiger partial charge >= 0.3 is 0 Å². The third kappa shape index (κ3) is 5.59. The maximum Gasteiger partial charge on any atom is 0.192 e. The monoisotopic (exact) mass is 364 g/mol. The molecule has 0 unspecified atom stereocenters. The quantitative estimate of drug-likeness (QED) is 0.368. The van der Waals surface area contributed by atoms with Crippen molar-refractivity contribution in [2.45, 2.75) is 58.4 Å². The molecule has 0 aliphatic carbocycles. The molecule has 0 fully saturated rings. The molecule has 138 valence electrons. The summed E-state index contributed by atoms with van der Waals surface area (Å²) in [5.41, 5.74) is 2.37. The maximum atomic E-state index is 6.91. The first-order chi connectivity index (χ1) is 12.6. The Morgan fingerprint density at radius 1 is 0.846 bits per heavy atom. The summed E-state index contributed by atoms with van der Waals surface area (Å²) in [7, 11) is -1.68. The van der Waals surface area contributed by atoms with Crippen molar-refractivity contribution in [2.24, 2.45) is 5.92 Å². The Balaban J connectivity index is 2.19. The Bertz CT molecular complexity index is 687. The minimum atomic E-state index is -1.68. The molecule has 0 aliphatic rings. The van der Waals surface area contributed by atoms with Gasteiger partial charge in [-0.3, -0.25) is 0 Å². The second-order valence-corrected chi connectivity index (χ2v) is 11.8. The lowest BCUT2D eigenvalue weighted by Gasteiger charge is -2.36. The molecule has 0 amide bonds. The fourth-order valence-corrected chi connectivity index (χ4v) is 6.27. The van der Waals surface area contributed by atoms with Crippen LogP contribution >= 0.6 is 0 Å². The summed E-state index contributed by atoms with van der Waals surface area (Å²) < 4.78 is 6.91. The molecule has 0 radical (unpaired) electrons. The molecule has 26 heavy (non-hydrogen) atoms. The minimum absolute atomic E-state index is 0.132. The fourth-order valence-electron chi connectivity index (χ4n) is 3.37. The van der Waals surface area contributed by atoms with Gasteiger partial charge in [0.05, 0.1) is 6.10 Å². The number of benzene rings is 2. The smallest absolute Gasteiger partial charge is 0.192 e. The normalized spacial score (nSPS) is 13.5. The third-order valence-corrected chi connectivity index (χ3v) is 10.0. The zero-order valence-corrected chi connectivity index (χ0v) is 17.7. The van der Waals surface area contributed by atoms with Crippen LogP contribution in [0.15, 0.2) is 60.7 Å². The first kappa shape index (κ1) is 20.5. The molecule has 2 aromatic rings. The van der Waals surface area contributed by atoms with E-state index in [9.17, 15) is 0 Å². The average molecular weight is 365 g/mol. The van der Waals surface area contributed by atoms with Crippen LogP contribution in [0.4, 0.5) is 0 Å². The Labute approximate surface area is 160 Å². The zero-order valence-electron chi connectivity index (χ0n) is 16.7. The summed E-state index contributed by atoms with van der Waals surface area (Å²) in [6.07, 6.45) is 0.976. The molecule has 0 saturated heterocycles. The van der Waals surface area contributed by atoms with Gasteiger partial charge in [0.15, 0.2) is 8.32 Å². The summed E-state index contributed by atoms with van der Waals surface area (Å²) in [4.78, 5) is 0. The van der Waals surface area contributed by atoms with E-state index < -0.39 is 8.32 Å². The summed E-state index contributed by atoms with van der Waals surface area (Å²) >= 11 is 0. The van der Waals surface area contributed by atoms with E-state index in [1.807, 2.05) is 18.2 Å². The van der Waals surface area contributed by atoms with Crippen LogP contribution in [-0.4, -0.2) is 8.32 Å². The lowest BCUT2D eigenvalue weighted by Crippen LogP contribution is -2.38. The summed E-state index contributed by atoms with van der Waals surface area (Å²) in [5, 5.41) is 0. The highest BCUT2D eigenvalue weighted by Crippen LogP contribution is 2.35. The maximum absolute atomic E-state index is 6.91. The van der Waals surface area contributed by atoms with Crippen molar-refractivity contribution < 1.29 is 4.43 Å². The van der Waals surface area contributed by atoms with E-state index in [1.54, 1.807) is 0 Å². The molecular formula is C24H32OSi. The van der Waals surface area contributed by atoms with Crippen LogP contribution in [0, 0.1) is 17.8 Å². The highest BCUT2D eigenvalue weighted by Gasteiger charge is 2.34. The van der Waals surface area contributed by atoms with Gasteiger partial charge in [-0.1, -0.05) is 88.1 Å². The molecule has 0 aliphatic heterocycles. The molecule has 0 N–H and O–H groups in total. The van der Waals surface area contributed by atoms with Gasteiger partial charge < -0.3 is 4.43 Å². The topological polar surface area (TPSA) is 9.23 Å². The number of rotatable bonds is 8. The summed E-state index contributed by atoms with van der Waals surface area (Å²) in [6.45, 7) is 9.15. The van der Waals surface area contributed by atoms with Gasteiger partial charge in [0.1, 0.15) is 0 Å². The van der Waals surface area contributed by atoms with Crippen LogP contribution in [0.25, 0.3) is 0 Å². The lowest BCUT2D eigenvalue weighted by atomic mass is 9.95. The van der Waals surface area contributed by atoms with Gasteiger partial charge in [-0.15, -0.1) is 0 Å². The highest BCUT2D eigenvalue weighted by molar-refractivity contribution is 6.73. The Morgan fingerprint density at radius 2 is 1.38 bits per heavy atom. The second-order valence-electron chi connectivity index (χ2n) is 7.04. The van der Waals surface area contributed by atoms with Crippen molar-refractivity contribution in [3.8, 4) is 11.8 Å². The van der Waals surface area contributed by atoms with Gasteiger partial charge in [0, 0.05) is 12.0 Å². The number of hydrogen-bond donors (Lipinski definition) is 0. The Hall–Kier alpha value is -1.82. The van der Waals surface area contributed by atoms with Crippen LogP contribution in [0.2, 0.25) is 18.1 Å². The zero-order chi connectivity index (χ0) is 18.8. The molecule has 0 saturated carbocycles. The van der Waals surface area contributed by atoms with Crippen molar-refractivity contribution >= 4 is 8.32 Å². The van der Waals surface area contributed by atoms with Crippen molar-refractivity contribution in [1.29, 1.82) is 0 Å². The lowest BCUT2D eigenvalue weighted by molar-refractivity contribution is 0.133. The summed E-state index contributed by atoms with van der Waals surface area (Å²) in [5.74, 6) is 7.04. The van der Waals surface area contributed by atoms with E-state index >= 15 is 0 Å². The third-order valence-electron chi connectivity index (χ3n) is 5.39.